The molecule has 0 radical (unpaired) electrons. The summed E-state index contributed by atoms with van der Waals surface area (Å²) in [6.07, 6.45) is -0.413. The molecule has 8 heteroatoms. The normalized spacial score (nSPS) is 29.4. The van der Waals surface area contributed by atoms with Crippen molar-refractivity contribution in [3.8, 4) is 11.5 Å². The van der Waals surface area contributed by atoms with Gasteiger partial charge in [-0.1, -0.05) is 0 Å². The molecule has 0 saturated carbocycles. The summed E-state index contributed by atoms with van der Waals surface area (Å²) in [4.78, 5) is 4.43. The molecule has 182 valence electrons. The van der Waals surface area contributed by atoms with Crippen molar-refractivity contribution in [1.82, 2.24) is 9.80 Å². The highest BCUT2D eigenvalue weighted by Gasteiger charge is 2.25. The summed E-state index contributed by atoms with van der Waals surface area (Å²) < 4.78 is 22.9. The minimum Gasteiger partial charge on any atom is -0.491 e. The van der Waals surface area contributed by atoms with Gasteiger partial charge in [0.15, 0.2) is 0 Å². The van der Waals surface area contributed by atoms with Crippen LogP contribution in [0.25, 0.3) is 0 Å². The molecule has 32 heavy (non-hydrogen) atoms. The van der Waals surface area contributed by atoms with Crippen LogP contribution < -0.4 is 9.47 Å². The Morgan fingerprint density at radius 1 is 0.719 bits per heavy atom. The van der Waals surface area contributed by atoms with Crippen molar-refractivity contribution >= 4 is 0 Å². The molecule has 0 unspecified atom stereocenters. The Balaban J connectivity index is 1.34. The summed E-state index contributed by atoms with van der Waals surface area (Å²) >= 11 is 0. The molecule has 0 spiro atoms. The van der Waals surface area contributed by atoms with Gasteiger partial charge < -0.3 is 29.2 Å². The maximum atomic E-state index is 10.3. The van der Waals surface area contributed by atoms with Crippen LogP contribution >= 0.6 is 0 Å². The molecule has 2 N–H and O–H groups in total. The first-order valence-corrected chi connectivity index (χ1v) is 11.7. The van der Waals surface area contributed by atoms with Crippen LogP contribution in [0, 0.1) is 0 Å². The minimum atomic E-state index is -0.566. The third kappa shape index (κ3) is 8.50. The summed E-state index contributed by atoms with van der Waals surface area (Å²) in [5, 5.41) is 20.7. The van der Waals surface area contributed by atoms with E-state index in [0.29, 0.717) is 24.6 Å². The Labute approximate surface area is 192 Å². The van der Waals surface area contributed by atoms with Crippen molar-refractivity contribution in [2.75, 3.05) is 52.5 Å². The van der Waals surface area contributed by atoms with Crippen molar-refractivity contribution in [3.05, 3.63) is 24.3 Å². The van der Waals surface area contributed by atoms with E-state index >= 15 is 0 Å². The second-order valence-corrected chi connectivity index (χ2v) is 9.35. The first-order chi connectivity index (χ1) is 15.3. The molecule has 1 aromatic rings. The Hall–Kier alpha value is -1.42. The van der Waals surface area contributed by atoms with Crippen molar-refractivity contribution in [2.45, 2.75) is 64.3 Å². The minimum absolute atomic E-state index is 0.180. The van der Waals surface area contributed by atoms with Crippen molar-refractivity contribution in [1.29, 1.82) is 0 Å². The zero-order valence-electron chi connectivity index (χ0n) is 19.9. The van der Waals surface area contributed by atoms with Gasteiger partial charge in [0.2, 0.25) is 0 Å². The van der Waals surface area contributed by atoms with E-state index in [1.165, 1.54) is 0 Å². The number of β-amino-alcohol motifs (C(OH)–C–C–N with tert-alkyl or cyclic N) is 2. The number of rotatable bonds is 10. The third-order valence-electron chi connectivity index (χ3n) is 5.64. The van der Waals surface area contributed by atoms with E-state index in [2.05, 4.69) is 37.5 Å². The molecule has 0 aliphatic carbocycles. The SMILES string of the molecule is C[C@@H]1CN(C[C@@H](O)COc2ccc(OC[C@H](O)CN3C[C@@H](C)O[C@H](C)C3)cc2)C[C@@H](C)O1. The lowest BCUT2D eigenvalue weighted by molar-refractivity contribution is -0.0790. The highest BCUT2D eigenvalue weighted by atomic mass is 16.5. The van der Waals surface area contributed by atoms with E-state index in [1.807, 2.05) is 24.3 Å². The molecule has 0 amide bonds. The second kappa shape index (κ2) is 12.2. The van der Waals surface area contributed by atoms with Gasteiger partial charge in [0.05, 0.1) is 24.4 Å². The summed E-state index contributed by atoms with van der Waals surface area (Å²) in [7, 11) is 0. The molecule has 2 aliphatic heterocycles. The Morgan fingerprint density at radius 3 is 1.34 bits per heavy atom. The van der Waals surface area contributed by atoms with Gasteiger partial charge in [-0.2, -0.15) is 0 Å². The van der Waals surface area contributed by atoms with Gasteiger partial charge in [-0.05, 0) is 52.0 Å². The van der Waals surface area contributed by atoms with Crippen molar-refractivity contribution in [2.24, 2.45) is 0 Å². The molecule has 6 atom stereocenters. The number of benzene rings is 1. The summed E-state index contributed by atoms with van der Waals surface area (Å²) in [5.41, 5.74) is 0. The summed E-state index contributed by atoms with van der Waals surface area (Å²) in [5.74, 6) is 1.36. The van der Waals surface area contributed by atoms with Crippen LogP contribution in [0.5, 0.6) is 11.5 Å². The average Bonchev–Trinajstić information content (AvgIpc) is 2.70. The zero-order chi connectivity index (χ0) is 23.1. The van der Waals surface area contributed by atoms with Crippen LogP contribution in [-0.2, 0) is 9.47 Å². The van der Waals surface area contributed by atoms with Crippen LogP contribution in [0.4, 0.5) is 0 Å². The predicted molar refractivity (Wildman–Crippen MR) is 122 cm³/mol. The zero-order valence-corrected chi connectivity index (χ0v) is 19.9. The van der Waals surface area contributed by atoms with Crippen LogP contribution in [0.3, 0.4) is 0 Å². The Kier molecular flexibility index (Phi) is 9.58. The molecule has 2 fully saturated rings. The first kappa shape index (κ1) is 25.2. The van der Waals surface area contributed by atoms with Gasteiger partial charge in [-0.3, -0.25) is 9.80 Å². The molecular formula is C24H40N2O6. The standard InChI is InChI=1S/C24H40N2O6/c1-17-9-25(10-18(2)31-17)13-21(27)15-29-23-5-7-24(8-6-23)30-16-22(28)14-26-11-19(3)32-20(4)12-26/h5-8,17-22,27-28H,9-16H2,1-4H3/t17-,18-,19-,20-,21-,22-/m1/s1. The molecule has 2 aliphatic rings. The third-order valence-corrected chi connectivity index (χ3v) is 5.64. The molecule has 2 saturated heterocycles. The fraction of sp³-hybridized carbons (Fsp3) is 0.750. The van der Waals surface area contributed by atoms with E-state index in [1.54, 1.807) is 0 Å². The molecule has 1 aromatic carbocycles. The van der Waals surface area contributed by atoms with E-state index in [9.17, 15) is 10.2 Å². The van der Waals surface area contributed by atoms with Gasteiger partial charge >= 0.3 is 0 Å². The van der Waals surface area contributed by atoms with Gasteiger partial charge in [-0.25, -0.2) is 0 Å². The maximum Gasteiger partial charge on any atom is 0.119 e. The van der Waals surface area contributed by atoms with Gasteiger partial charge in [0.25, 0.3) is 0 Å². The molecule has 0 aromatic heterocycles. The van der Waals surface area contributed by atoms with Crippen molar-refractivity contribution < 1.29 is 29.2 Å². The number of ether oxygens (including phenoxy) is 4. The highest BCUT2D eigenvalue weighted by Crippen LogP contribution is 2.19. The van der Waals surface area contributed by atoms with Gasteiger partial charge in [-0.15, -0.1) is 0 Å². The number of aliphatic hydroxyl groups is 2. The lowest BCUT2D eigenvalue weighted by atomic mass is 10.2. The fourth-order valence-electron chi connectivity index (χ4n) is 4.59. The van der Waals surface area contributed by atoms with E-state index < -0.39 is 12.2 Å². The molecule has 8 nitrogen and oxygen atoms in total. The van der Waals surface area contributed by atoms with E-state index in [0.717, 1.165) is 26.2 Å². The lowest BCUT2D eigenvalue weighted by Gasteiger charge is -2.36. The fourth-order valence-corrected chi connectivity index (χ4v) is 4.59. The number of hydrogen-bond donors (Lipinski definition) is 2. The Bertz CT molecular complexity index is 598. The molecule has 2 heterocycles. The van der Waals surface area contributed by atoms with E-state index in [-0.39, 0.29) is 37.6 Å². The highest BCUT2D eigenvalue weighted by molar-refractivity contribution is 5.31. The largest absolute Gasteiger partial charge is 0.491 e. The quantitative estimate of drug-likeness (QED) is 0.551. The predicted octanol–water partition coefficient (Wildman–Crippen LogP) is 1.38. The van der Waals surface area contributed by atoms with E-state index in [4.69, 9.17) is 18.9 Å². The summed E-state index contributed by atoms with van der Waals surface area (Å²) in [6.45, 7) is 13.1. The summed E-state index contributed by atoms with van der Waals surface area (Å²) in [6, 6.07) is 7.27. The van der Waals surface area contributed by atoms with Crippen LogP contribution in [0.2, 0.25) is 0 Å². The monoisotopic (exact) mass is 452 g/mol. The first-order valence-electron chi connectivity index (χ1n) is 11.7. The Morgan fingerprint density at radius 2 is 1.03 bits per heavy atom. The van der Waals surface area contributed by atoms with Crippen LogP contribution in [0.15, 0.2) is 24.3 Å². The van der Waals surface area contributed by atoms with Crippen LogP contribution in [0.1, 0.15) is 27.7 Å². The molecule has 3 rings (SSSR count). The smallest absolute Gasteiger partial charge is 0.119 e. The number of hydrogen-bond acceptors (Lipinski definition) is 8. The molecule has 0 bridgehead atoms. The lowest BCUT2D eigenvalue weighted by Crippen LogP contribution is -2.48. The van der Waals surface area contributed by atoms with Crippen LogP contribution in [-0.4, -0.2) is 109 Å². The molecular weight excluding hydrogens is 412 g/mol. The topological polar surface area (TPSA) is 83.9 Å². The maximum absolute atomic E-state index is 10.3. The van der Waals surface area contributed by atoms with Gasteiger partial charge in [0, 0.05) is 39.3 Å². The number of nitrogens with zero attached hydrogens (tertiary/aromatic N) is 2. The van der Waals surface area contributed by atoms with Gasteiger partial charge in [0.1, 0.15) is 36.9 Å². The number of morpholine rings is 2. The van der Waals surface area contributed by atoms with Crippen molar-refractivity contribution in [3.63, 3.8) is 0 Å². The number of aliphatic hydroxyl groups excluding tert-OH is 2. The second-order valence-electron chi connectivity index (χ2n) is 9.35. The average molecular weight is 453 g/mol.